The summed E-state index contributed by atoms with van der Waals surface area (Å²) in [5.41, 5.74) is 1.72. The molecule has 1 atom stereocenters. The lowest BCUT2D eigenvalue weighted by Crippen LogP contribution is -2.52. The standard InChI is InChI=1S/C25H28N4O4/c30-23-9-8-22(24(31)27-23)29-16-20-19(25(29)32)2-1-3-21(20)26-14-17-4-6-18(7-5-17)15-28-10-12-33-13-11-28/h1-7,22,26H,8-16H2,(H,27,30,31)/t22-/m0/s1/i8D2,9D2,10D2,11D2,12D2,13D2,22D. The van der Waals surface area contributed by atoms with E-state index in [0.29, 0.717) is 32.2 Å². The Morgan fingerprint density at radius 2 is 1.85 bits per heavy atom. The molecule has 172 valence electrons. The number of hydrogen-bond donors (Lipinski definition) is 2. The lowest BCUT2D eigenvalue weighted by Gasteiger charge is -2.29. The van der Waals surface area contributed by atoms with Crippen LogP contribution in [-0.4, -0.2) is 59.7 Å². The van der Waals surface area contributed by atoms with Crippen LogP contribution >= 0.6 is 0 Å². The molecule has 2 N–H and O–H groups in total. The molecule has 2 aromatic rings. The van der Waals surface area contributed by atoms with Crippen molar-refractivity contribution >= 4 is 23.4 Å². The van der Waals surface area contributed by atoms with E-state index in [1.165, 1.54) is 24.3 Å². The Morgan fingerprint density at radius 3 is 2.64 bits per heavy atom. The Morgan fingerprint density at radius 1 is 1.09 bits per heavy atom. The van der Waals surface area contributed by atoms with E-state index in [2.05, 4.69) is 10.1 Å². The fourth-order valence-corrected chi connectivity index (χ4v) is 3.67. The van der Waals surface area contributed by atoms with Gasteiger partial charge in [-0.05, 0) is 29.6 Å². The molecule has 0 aromatic heterocycles. The van der Waals surface area contributed by atoms with Gasteiger partial charge in [-0.25, -0.2) is 0 Å². The minimum atomic E-state index is -3.40. The summed E-state index contributed by atoms with van der Waals surface area (Å²) in [6.45, 7) is -13.2. The third kappa shape index (κ3) is 4.62. The van der Waals surface area contributed by atoms with Gasteiger partial charge in [-0.3, -0.25) is 24.6 Å². The Hall–Kier alpha value is -3.23. The van der Waals surface area contributed by atoms with Gasteiger partial charge in [-0.2, -0.15) is 0 Å². The van der Waals surface area contributed by atoms with Gasteiger partial charge >= 0.3 is 0 Å². The Bertz CT molecular complexity index is 1590. The first-order chi connectivity index (χ1) is 20.9. The van der Waals surface area contributed by atoms with Crippen LogP contribution in [0.1, 0.15) is 57.6 Å². The number of piperidine rings is 1. The van der Waals surface area contributed by atoms with Crippen molar-refractivity contribution in [2.24, 2.45) is 0 Å². The van der Waals surface area contributed by atoms with Gasteiger partial charge in [0.25, 0.3) is 5.91 Å². The van der Waals surface area contributed by atoms with Crippen molar-refractivity contribution in [3.8, 4) is 0 Å². The fourth-order valence-electron chi connectivity index (χ4n) is 3.67. The molecular weight excluding hydrogens is 420 g/mol. The highest BCUT2D eigenvalue weighted by Gasteiger charge is 2.39. The second kappa shape index (κ2) is 9.33. The maximum atomic E-state index is 13.3. The summed E-state index contributed by atoms with van der Waals surface area (Å²) in [5, 5.41) is 4.78. The highest BCUT2D eigenvalue weighted by atomic mass is 16.5. The second-order valence-corrected chi connectivity index (χ2v) is 7.39. The van der Waals surface area contributed by atoms with E-state index in [1.54, 1.807) is 23.5 Å². The summed E-state index contributed by atoms with van der Waals surface area (Å²) in [6, 6.07) is 7.67. The van der Waals surface area contributed by atoms with Crippen LogP contribution in [0.5, 0.6) is 0 Å². The molecule has 3 aliphatic rings. The number of imide groups is 1. The smallest absolute Gasteiger partial charge is 0.255 e. The molecule has 33 heavy (non-hydrogen) atoms. The predicted molar refractivity (Wildman–Crippen MR) is 122 cm³/mol. The Kier molecular flexibility index (Phi) is 3.18. The van der Waals surface area contributed by atoms with E-state index in [4.69, 9.17) is 17.8 Å². The number of ether oxygens (including phenoxy) is 1. The van der Waals surface area contributed by atoms with Gasteiger partial charge in [-0.1, -0.05) is 30.3 Å². The van der Waals surface area contributed by atoms with Crippen LogP contribution < -0.4 is 10.6 Å². The van der Waals surface area contributed by atoms with E-state index in [-0.39, 0.29) is 12.1 Å². The van der Waals surface area contributed by atoms with Gasteiger partial charge in [0.05, 0.1) is 20.0 Å². The lowest BCUT2D eigenvalue weighted by atomic mass is 10.0. The van der Waals surface area contributed by atoms with E-state index in [0.717, 1.165) is 0 Å². The minimum Gasteiger partial charge on any atom is -0.381 e. The average Bonchev–Trinajstić information content (AvgIpc) is 3.29. The van der Waals surface area contributed by atoms with Gasteiger partial charge in [0.1, 0.15) is 6.02 Å². The SMILES string of the molecule is [2H]C1([2H])OC([2H])([2H])C([2H])([2H])N(Cc2ccc(CNc3cccc4c3CN([C@]3([2H])C(=O)NC(=O)C([2H])([2H])C3([2H])[2H])C4=O)cc2)C1([2H])[2H]. The van der Waals surface area contributed by atoms with Crippen LogP contribution in [0, 0.1) is 0 Å². The zero-order valence-electron chi connectivity index (χ0n) is 30.2. The molecule has 2 aromatic carbocycles. The number of morpholine rings is 1. The highest BCUT2D eigenvalue weighted by molar-refractivity contribution is 6.06. The number of benzene rings is 2. The number of carbonyl (C=O) groups excluding carboxylic acids is 3. The summed E-state index contributed by atoms with van der Waals surface area (Å²) < 4.78 is 110. The maximum Gasteiger partial charge on any atom is 0.255 e. The van der Waals surface area contributed by atoms with Crippen molar-refractivity contribution in [3.63, 3.8) is 0 Å². The Labute approximate surface area is 211 Å². The van der Waals surface area contributed by atoms with Gasteiger partial charge in [0.2, 0.25) is 11.8 Å². The van der Waals surface area contributed by atoms with Gasteiger partial charge in [0.15, 0.2) is 0 Å². The number of carbonyl (C=O) groups is 3. The van der Waals surface area contributed by atoms with Crippen LogP contribution in [0.2, 0.25) is 0 Å². The van der Waals surface area contributed by atoms with Crippen molar-refractivity contribution in [3.05, 3.63) is 64.7 Å². The number of amides is 3. The monoisotopic (exact) mass is 461 g/mol. The number of nitrogens with zero attached hydrogens (tertiary/aromatic N) is 2. The van der Waals surface area contributed by atoms with E-state index in [1.807, 2.05) is 0 Å². The molecule has 0 spiro atoms. The van der Waals surface area contributed by atoms with Gasteiger partial charge in [-0.15, -0.1) is 0 Å². The molecule has 3 aliphatic heterocycles. The minimum absolute atomic E-state index is 0.0433. The molecule has 8 heteroatoms. The molecular formula is C25H28N4O4. The van der Waals surface area contributed by atoms with Crippen molar-refractivity contribution in [2.75, 3.05) is 31.4 Å². The summed E-state index contributed by atoms with van der Waals surface area (Å²) >= 11 is 0. The first-order valence-electron chi connectivity index (χ1n) is 16.5. The number of fused-ring (bicyclic) bond motifs is 1. The summed E-state index contributed by atoms with van der Waals surface area (Å²) in [4.78, 5) is 39.2. The number of nitrogens with one attached hydrogen (secondary N) is 2. The second-order valence-electron chi connectivity index (χ2n) is 7.39. The Balaban J connectivity index is 1.34. The molecule has 2 saturated heterocycles. The van der Waals surface area contributed by atoms with Crippen LogP contribution in [0.4, 0.5) is 5.69 Å². The van der Waals surface area contributed by atoms with Crippen molar-refractivity contribution in [1.82, 2.24) is 15.1 Å². The van der Waals surface area contributed by atoms with Crippen molar-refractivity contribution in [1.29, 1.82) is 0 Å². The number of rotatable bonds is 6. The molecule has 0 bridgehead atoms. The number of anilines is 1. The molecule has 3 amide bonds. The molecule has 3 heterocycles. The largest absolute Gasteiger partial charge is 0.381 e. The highest BCUT2D eigenvalue weighted by Crippen LogP contribution is 2.32. The third-order valence-electron chi connectivity index (χ3n) is 5.28. The first-order valence-corrected chi connectivity index (χ1v) is 10.0. The molecule has 0 aliphatic carbocycles. The number of hydrogen-bond acceptors (Lipinski definition) is 6. The van der Waals surface area contributed by atoms with Crippen LogP contribution in [0.3, 0.4) is 0 Å². The zero-order chi connectivity index (χ0) is 34.5. The van der Waals surface area contributed by atoms with Crippen LogP contribution in [0.15, 0.2) is 42.5 Å². The first kappa shape index (κ1) is 11.3. The van der Waals surface area contributed by atoms with Crippen molar-refractivity contribution in [2.45, 2.75) is 38.4 Å². The maximum absolute atomic E-state index is 13.3. The summed E-state index contributed by atoms with van der Waals surface area (Å²) in [7, 11) is 0. The quantitative estimate of drug-likeness (QED) is 0.639. The topological polar surface area (TPSA) is 91.0 Å². The van der Waals surface area contributed by atoms with Gasteiger partial charge < -0.3 is 15.0 Å². The van der Waals surface area contributed by atoms with E-state index >= 15 is 0 Å². The predicted octanol–water partition coefficient (Wildman–Crippen LogP) is 1.89. The van der Waals surface area contributed by atoms with E-state index in [9.17, 15) is 14.4 Å². The molecule has 8 nitrogen and oxygen atoms in total. The summed E-state index contributed by atoms with van der Waals surface area (Å²) in [5.74, 6) is -3.93. The summed E-state index contributed by atoms with van der Waals surface area (Å²) in [6.07, 6.45) is -6.70. The van der Waals surface area contributed by atoms with Gasteiger partial charge in [0, 0.05) is 66.8 Å². The molecule has 5 rings (SSSR count). The van der Waals surface area contributed by atoms with Crippen molar-refractivity contribution < 1.29 is 36.9 Å². The normalized spacial score (nSPS) is 38.4. The lowest BCUT2D eigenvalue weighted by molar-refractivity contribution is -0.136. The van der Waals surface area contributed by atoms with Crippen LogP contribution in [0.25, 0.3) is 0 Å². The van der Waals surface area contributed by atoms with Crippen LogP contribution in [-0.2, 0) is 34.0 Å². The van der Waals surface area contributed by atoms with E-state index < -0.39 is 75.7 Å². The average molecular weight is 462 g/mol. The third-order valence-corrected chi connectivity index (χ3v) is 5.28. The molecule has 2 fully saturated rings. The molecule has 0 saturated carbocycles. The molecule has 0 radical (unpaired) electrons. The molecule has 0 unspecified atom stereocenters. The zero-order valence-corrected chi connectivity index (χ0v) is 17.2. The fraction of sp³-hybridized carbons (Fsp3) is 0.400.